The van der Waals surface area contributed by atoms with Gasteiger partial charge in [0, 0.05) is 74.4 Å². The fourth-order valence-corrected chi connectivity index (χ4v) is 13.3. The lowest BCUT2D eigenvalue weighted by Crippen LogP contribution is -2.59. The average molecular weight is 919 g/mol. The predicted molar refractivity (Wildman–Crippen MR) is 293 cm³/mol. The summed E-state index contributed by atoms with van der Waals surface area (Å²) in [7, 11) is 0. The van der Waals surface area contributed by atoms with Crippen molar-refractivity contribution in [3.05, 3.63) is 174 Å². The van der Waals surface area contributed by atoms with Crippen LogP contribution in [0.15, 0.2) is 167 Å². The van der Waals surface area contributed by atoms with Gasteiger partial charge in [0.25, 0.3) is 6.71 Å². The zero-order valence-corrected chi connectivity index (χ0v) is 41.3. The number of thiophene rings is 2. The molecular weight excluding hydrogens is 868 g/mol. The Morgan fingerprint density at radius 3 is 1.37 bits per heavy atom. The summed E-state index contributed by atoms with van der Waals surface area (Å²) >= 11 is 3.93. The van der Waals surface area contributed by atoms with Gasteiger partial charge in [-0.2, -0.15) is 0 Å². The molecule has 68 heavy (non-hydrogen) atoms. The van der Waals surface area contributed by atoms with E-state index in [0.717, 1.165) is 56.0 Å². The highest BCUT2D eigenvalue weighted by atomic mass is 32.1. The van der Waals surface area contributed by atoms with Crippen molar-refractivity contribution >= 4 is 121 Å². The van der Waals surface area contributed by atoms with Crippen LogP contribution >= 0.6 is 22.7 Å². The Morgan fingerprint density at radius 1 is 0.485 bits per heavy atom. The standard InChI is InChI=1S/C61H51BN2O2S2/c1-35(2)40-29-47-55-48(30-40)64(44-20-14-18-37(28-44)52-32-39-16-10-12-22-50(39)66-52)57-46-34-42(61(6,7)8)24-26-54(46)68-59(57)62(55)58-56(45-33-41(60(3,4)5)23-25-53(45)67-58)63(47)43-19-13-17-36(27-43)51-31-38-15-9-11-21-49(38)65-51/h9-35H,1-8H3. The van der Waals surface area contributed by atoms with E-state index in [-0.39, 0.29) is 23.5 Å². The molecule has 0 unspecified atom stereocenters. The molecule has 0 fully saturated rings. The van der Waals surface area contributed by atoms with Crippen LogP contribution in [0, 0.1) is 0 Å². The molecule has 4 aromatic heterocycles. The second-order valence-corrected chi connectivity index (χ2v) is 23.3. The lowest BCUT2D eigenvalue weighted by atomic mass is 9.39. The van der Waals surface area contributed by atoms with E-state index in [9.17, 15) is 0 Å². The van der Waals surface area contributed by atoms with Gasteiger partial charge in [-0.05, 0) is 124 Å². The molecule has 0 saturated carbocycles. The SMILES string of the molecule is CC(C)c1cc2c3c(c1)N(c1cccc(-c4cc5ccccc5o4)c1)c1c(sc4ccc(C(C)(C)C)cc14)B3c1sc3ccc(C(C)(C)C)cc3c1N2c1cccc(-c2cc3ccccc3o2)c1. The first-order chi connectivity index (χ1) is 32.8. The summed E-state index contributed by atoms with van der Waals surface area (Å²) in [6.45, 7) is 18.6. The number of benzene rings is 7. The van der Waals surface area contributed by atoms with Crippen LogP contribution < -0.4 is 24.8 Å². The molecule has 0 bridgehead atoms. The predicted octanol–water partition coefficient (Wildman–Crippen LogP) is 16.7. The maximum absolute atomic E-state index is 6.55. The van der Waals surface area contributed by atoms with Gasteiger partial charge in [0.15, 0.2) is 0 Å². The molecule has 4 nitrogen and oxygen atoms in total. The molecule has 7 aromatic carbocycles. The van der Waals surface area contributed by atoms with E-state index < -0.39 is 0 Å². The number of furan rings is 2. The van der Waals surface area contributed by atoms with Crippen molar-refractivity contribution in [2.45, 2.75) is 72.1 Å². The first-order valence-electron chi connectivity index (χ1n) is 23.9. The molecular formula is C61H51BN2O2S2. The van der Waals surface area contributed by atoms with Gasteiger partial charge in [-0.1, -0.05) is 128 Å². The number of rotatable bonds is 5. The maximum Gasteiger partial charge on any atom is 0.277 e. The topological polar surface area (TPSA) is 32.8 Å². The monoisotopic (exact) mass is 918 g/mol. The zero-order valence-electron chi connectivity index (χ0n) is 39.7. The first kappa shape index (κ1) is 41.4. The van der Waals surface area contributed by atoms with Crippen molar-refractivity contribution < 1.29 is 8.83 Å². The summed E-state index contributed by atoms with van der Waals surface area (Å²) in [5, 5.41) is 4.80. The number of hydrogen-bond acceptors (Lipinski definition) is 6. The molecule has 332 valence electrons. The van der Waals surface area contributed by atoms with Crippen molar-refractivity contribution in [3.8, 4) is 22.6 Å². The quantitative estimate of drug-likeness (QED) is 0.161. The van der Waals surface area contributed by atoms with E-state index in [0.29, 0.717) is 0 Å². The van der Waals surface area contributed by atoms with Gasteiger partial charge < -0.3 is 18.6 Å². The van der Waals surface area contributed by atoms with Gasteiger partial charge in [0.05, 0.1) is 11.4 Å². The van der Waals surface area contributed by atoms with E-state index in [2.05, 4.69) is 211 Å². The van der Waals surface area contributed by atoms with Crippen LogP contribution in [0.2, 0.25) is 0 Å². The first-order valence-corrected chi connectivity index (χ1v) is 25.5. The summed E-state index contributed by atoms with van der Waals surface area (Å²) in [5.74, 6) is 2.00. The van der Waals surface area contributed by atoms with Gasteiger partial charge in [0.1, 0.15) is 22.7 Å². The van der Waals surface area contributed by atoms with Crippen LogP contribution in [0.25, 0.3) is 64.8 Å². The highest BCUT2D eigenvalue weighted by Gasteiger charge is 2.47. The van der Waals surface area contributed by atoms with E-state index in [1.165, 1.54) is 74.6 Å². The molecule has 0 aliphatic carbocycles. The Balaban J connectivity index is 1.13. The molecule has 0 atom stereocenters. The molecule has 0 N–H and O–H groups in total. The fourth-order valence-electron chi connectivity index (χ4n) is 10.6. The lowest BCUT2D eigenvalue weighted by molar-refractivity contribution is 0.591. The Morgan fingerprint density at radius 2 is 0.941 bits per heavy atom. The smallest absolute Gasteiger partial charge is 0.277 e. The van der Waals surface area contributed by atoms with Gasteiger partial charge >= 0.3 is 0 Å². The Kier molecular flexibility index (Phi) is 9.04. The van der Waals surface area contributed by atoms with Crippen molar-refractivity contribution in [2.24, 2.45) is 0 Å². The summed E-state index contributed by atoms with van der Waals surface area (Å²) in [4.78, 5) is 5.21. The van der Waals surface area contributed by atoms with Crippen LogP contribution in [0.4, 0.5) is 34.1 Å². The highest BCUT2D eigenvalue weighted by Crippen LogP contribution is 2.52. The second-order valence-electron chi connectivity index (χ2n) is 21.2. The van der Waals surface area contributed by atoms with E-state index in [1.54, 1.807) is 0 Å². The molecule has 2 aliphatic heterocycles. The molecule has 11 aromatic rings. The minimum absolute atomic E-state index is 0.0156. The number of anilines is 6. The molecule has 7 heteroatoms. The van der Waals surface area contributed by atoms with E-state index in [4.69, 9.17) is 8.83 Å². The largest absolute Gasteiger partial charge is 0.456 e. The Bertz CT molecular complexity index is 3540. The van der Waals surface area contributed by atoms with Gasteiger partial charge in [-0.25, -0.2) is 0 Å². The van der Waals surface area contributed by atoms with E-state index >= 15 is 0 Å². The van der Waals surface area contributed by atoms with Crippen LogP contribution in [0.5, 0.6) is 0 Å². The normalized spacial score (nSPS) is 13.6. The molecule has 13 rings (SSSR count). The molecule has 2 aliphatic rings. The Labute approximate surface area is 406 Å². The minimum Gasteiger partial charge on any atom is -0.456 e. The second kappa shape index (κ2) is 14.9. The molecule has 0 saturated heterocycles. The van der Waals surface area contributed by atoms with Gasteiger partial charge in [-0.15, -0.1) is 22.7 Å². The molecule has 0 amide bonds. The third kappa shape index (κ3) is 6.39. The lowest BCUT2D eigenvalue weighted by Gasteiger charge is -2.42. The van der Waals surface area contributed by atoms with Gasteiger partial charge in [-0.3, -0.25) is 0 Å². The van der Waals surface area contributed by atoms with Crippen molar-refractivity contribution in [3.63, 3.8) is 0 Å². The molecule has 0 spiro atoms. The number of nitrogens with zero attached hydrogens (tertiary/aromatic N) is 2. The highest BCUT2D eigenvalue weighted by molar-refractivity contribution is 7.40. The summed E-state index contributed by atoms with van der Waals surface area (Å²) in [5.41, 5.74) is 16.4. The molecule has 0 radical (unpaired) electrons. The average Bonchev–Trinajstić information content (AvgIpc) is 4.13. The van der Waals surface area contributed by atoms with Crippen LogP contribution in [0.1, 0.15) is 78.0 Å². The fraction of sp³-hybridized carbons (Fsp3) is 0.180. The van der Waals surface area contributed by atoms with Crippen LogP contribution in [-0.4, -0.2) is 6.71 Å². The maximum atomic E-state index is 6.55. The summed E-state index contributed by atoms with van der Waals surface area (Å²) in [6, 6.07) is 58.4. The van der Waals surface area contributed by atoms with Crippen LogP contribution in [0.3, 0.4) is 0 Å². The third-order valence-corrected chi connectivity index (χ3v) is 16.8. The van der Waals surface area contributed by atoms with Crippen molar-refractivity contribution in [1.82, 2.24) is 0 Å². The van der Waals surface area contributed by atoms with Gasteiger partial charge in [0.2, 0.25) is 0 Å². The van der Waals surface area contributed by atoms with Crippen molar-refractivity contribution in [2.75, 3.05) is 9.80 Å². The Hall–Kier alpha value is -6.80. The number of fused-ring (bicyclic) bond motifs is 10. The molecule has 6 heterocycles. The summed E-state index contributed by atoms with van der Waals surface area (Å²) < 4.78 is 18.5. The third-order valence-electron chi connectivity index (χ3n) is 14.3. The van der Waals surface area contributed by atoms with Crippen LogP contribution in [-0.2, 0) is 10.8 Å². The minimum atomic E-state index is -0.0226. The zero-order chi connectivity index (χ0) is 46.4. The summed E-state index contributed by atoms with van der Waals surface area (Å²) in [6.07, 6.45) is 0. The van der Waals surface area contributed by atoms with E-state index in [1.807, 2.05) is 34.8 Å². The number of hydrogen-bond donors (Lipinski definition) is 0. The van der Waals surface area contributed by atoms with Crippen molar-refractivity contribution in [1.29, 1.82) is 0 Å². The number of para-hydroxylation sites is 2.